The van der Waals surface area contributed by atoms with Crippen LogP contribution in [0.15, 0.2) is 18.5 Å². The van der Waals surface area contributed by atoms with Gasteiger partial charge in [-0.2, -0.15) is 0 Å². The maximum absolute atomic E-state index is 12.6. The number of hydrogen-bond donors (Lipinski definition) is 0. The minimum atomic E-state index is -0.466. The van der Waals surface area contributed by atoms with Gasteiger partial charge in [-0.1, -0.05) is 11.6 Å². The number of halogens is 1. The average Bonchev–Trinajstić information content (AvgIpc) is 3.05. The summed E-state index contributed by atoms with van der Waals surface area (Å²) in [5, 5.41) is 0.707. The van der Waals surface area contributed by atoms with Gasteiger partial charge in [0.1, 0.15) is 5.60 Å². The van der Waals surface area contributed by atoms with Gasteiger partial charge in [0.15, 0.2) is 0 Å². The topological polar surface area (TPSA) is 45.7 Å². The lowest BCUT2D eigenvalue weighted by atomic mass is 9.95. The molecule has 2 fully saturated rings. The molecule has 2 aliphatic heterocycles. The molecule has 126 valence electrons. The number of carbonyl (C=O) groups excluding carboxylic acids is 1. The quantitative estimate of drug-likeness (QED) is 0.783. The fourth-order valence-electron chi connectivity index (χ4n) is 3.63. The van der Waals surface area contributed by atoms with Crippen LogP contribution in [0.25, 0.3) is 0 Å². The van der Waals surface area contributed by atoms with Gasteiger partial charge in [-0.05, 0) is 46.1 Å². The zero-order valence-corrected chi connectivity index (χ0v) is 14.8. The molecule has 1 spiro atoms. The van der Waals surface area contributed by atoms with Crippen LogP contribution < -0.4 is 4.90 Å². The van der Waals surface area contributed by atoms with E-state index in [9.17, 15) is 4.79 Å². The van der Waals surface area contributed by atoms with Crippen molar-refractivity contribution in [3.8, 4) is 0 Å². The lowest BCUT2D eigenvalue weighted by Crippen LogP contribution is -2.50. The second kappa shape index (κ2) is 5.86. The first-order chi connectivity index (χ1) is 10.8. The van der Waals surface area contributed by atoms with Gasteiger partial charge in [-0.25, -0.2) is 4.79 Å². The predicted molar refractivity (Wildman–Crippen MR) is 91.0 cm³/mol. The molecule has 1 unspecified atom stereocenters. The molecule has 1 atom stereocenters. The molecule has 0 N–H and O–H groups in total. The maximum Gasteiger partial charge on any atom is 0.410 e. The summed E-state index contributed by atoms with van der Waals surface area (Å²) in [7, 11) is 0. The summed E-state index contributed by atoms with van der Waals surface area (Å²) in [4.78, 5) is 20.9. The van der Waals surface area contributed by atoms with E-state index in [1.165, 1.54) is 0 Å². The zero-order valence-electron chi connectivity index (χ0n) is 14.0. The number of carbonyl (C=O) groups is 1. The average molecular weight is 338 g/mol. The standard InChI is InChI=1S/C17H24ClN3O2/c1-16(2,3)23-15(22)21-9-4-6-17(21)7-10-20(12-17)14-11-19-8-5-13(14)18/h5,8,11H,4,6-7,9-10,12H2,1-3H3. The van der Waals surface area contributed by atoms with Crippen LogP contribution in [0.5, 0.6) is 0 Å². The Morgan fingerprint density at radius 3 is 2.83 bits per heavy atom. The number of hydrogen-bond acceptors (Lipinski definition) is 4. The molecule has 0 saturated carbocycles. The van der Waals surface area contributed by atoms with E-state index in [1.54, 1.807) is 12.4 Å². The molecule has 6 heteroatoms. The summed E-state index contributed by atoms with van der Waals surface area (Å²) >= 11 is 6.30. The largest absolute Gasteiger partial charge is 0.444 e. The maximum atomic E-state index is 12.6. The summed E-state index contributed by atoms with van der Waals surface area (Å²) in [6.07, 6.45) is 6.27. The third-order valence-corrected chi connectivity index (χ3v) is 4.95. The first-order valence-electron chi connectivity index (χ1n) is 8.16. The van der Waals surface area contributed by atoms with Crippen molar-refractivity contribution in [1.29, 1.82) is 0 Å². The summed E-state index contributed by atoms with van der Waals surface area (Å²) in [6.45, 7) is 8.16. The zero-order chi connectivity index (χ0) is 16.7. The van der Waals surface area contributed by atoms with Crippen LogP contribution in [-0.2, 0) is 4.74 Å². The number of amides is 1. The molecule has 2 aliphatic rings. The van der Waals surface area contributed by atoms with Crippen LogP contribution in [0.3, 0.4) is 0 Å². The number of likely N-dealkylation sites (tertiary alicyclic amines) is 1. The molecule has 2 saturated heterocycles. The summed E-state index contributed by atoms with van der Waals surface area (Å²) < 4.78 is 5.60. The number of rotatable bonds is 1. The van der Waals surface area contributed by atoms with E-state index in [0.29, 0.717) is 5.02 Å². The molecule has 5 nitrogen and oxygen atoms in total. The molecule has 0 bridgehead atoms. The molecule has 0 aromatic carbocycles. The van der Waals surface area contributed by atoms with E-state index in [-0.39, 0.29) is 11.6 Å². The Hall–Kier alpha value is -1.49. The summed E-state index contributed by atoms with van der Waals surface area (Å²) in [5.74, 6) is 0. The Bertz CT molecular complexity index is 602. The molecule has 23 heavy (non-hydrogen) atoms. The van der Waals surface area contributed by atoms with Crippen LogP contribution >= 0.6 is 11.6 Å². The summed E-state index contributed by atoms with van der Waals surface area (Å²) in [6, 6.07) is 1.81. The minimum absolute atomic E-state index is 0.137. The van der Waals surface area contributed by atoms with Crippen molar-refractivity contribution in [2.24, 2.45) is 0 Å². The van der Waals surface area contributed by atoms with E-state index < -0.39 is 5.60 Å². The lowest BCUT2D eigenvalue weighted by Gasteiger charge is -2.36. The number of ether oxygens (including phenoxy) is 1. The third-order valence-electron chi connectivity index (χ3n) is 4.63. The van der Waals surface area contributed by atoms with Crippen LogP contribution in [0.1, 0.15) is 40.0 Å². The van der Waals surface area contributed by atoms with Crippen molar-refractivity contribution in [3.05, 3.63) is 23.5 Å². The van der Waals surface area contributed by atoms with Crippen LogP contribution in [-0.4, -0.2) is 46.8 Å². The molecule has 1 aromatic heterocycles. The molecular formula is C17H24ClN3O2. The van der Waals surface area contributed by atoms with E-state index in [2.05, 4.69) is 9.88 Å². The number of nitrogens with zero attached hydrogens (tertiary/aromatic N) is 3. The SMILES string of the molecule is CC(C)(C)OC(=O)N1CCCC12CCN(c1cnccc1Cl)C2. The Morgan fingerprint density at radius 2 is 2.13 bits per heavy atom. The minimum Gasteiger partial charge on any atom is -0.444 e. The van der Waals surface area contributed by atoms with Gasteiger partial charge in [0.25, 0.3) is 0 Å². The van der Waals surface area contributed by atoms with Crippen molar-refractivity contribution in [2.75, 3.05) is 24.5 Å². The third kappa shape index (κ3) is 3.25. The molecule has 0 radical (unpaired) electrons. The highest BCUT2D eigenvalue weighted by Crippen LogP contribution is 2.41. The number of pyridine rings is 1. The fourth-order valence-corrected chi connectivity index (χ4v) is 3.85. The monoisotopic (exact) mass is 337 g/mol. The number of anilines is 1. The van der Waals surface area contributed by atoms with Crippen molar-refractivity contribution < 1.29 is 9.53 Å². The molecule has 3 heterocycles. The van der Waals surface area contributed by atoms with E-state index in [0.717, 1.165) is 44.6 Å². The van der Waals surface area contributed by atoms with Gasteiger partial charge in [-0.3, -0.25) is 4.98 Å². The fraction of sp³-hybridized carbons (Fsp3) is 0.647. The molecule has 3 rings (SSSR count). The Morgan fingerprint density at radius 1 is 1.35 bits per heavy atom. The van der Waals surface area contributed by atoms with Crippen molar-refractivity contribution in [3.63, 3.8) is 0 Å². The van der Waals surface area contributed by atoms with Crippen LogP contribution in [0.4, 0.5) is 10.5 Å². The second-order valence-corrected chi connectivity index (χ2v) is 7.87. The first-order valence-corrected chi connectivity index (χ1v) is 8.54. The van der Waals surface area contributed by atoms with E-state index in [1.807, 2.05) is 31.7 Å². The Balaban J connectivity index is 1.77. The normalized spacial score (nSPS) is 24.5. The van der Waals surface area contributed by atoms with Gasteiger partial charge < -0.3 is 14.5 Å². The van der Waals surface area contributed by atoms with Gasteiger partial charge in [0, 0.05) is 25.8 Å². The van der Waals surface area contributed by atoms with Gasteiger partial charge in [0.05, 0.1) is 22.4 Å². The van der Waals surface area contributed by atoms with Crippen LogP contribution in [0.2, 0.25) is 5.02 Å². The molecule has 0 aliphatic carbocycles. The predicted octanol–water partition coefficient (Wildman–Crippen LogP) is 3.71. The highest BCUT2D eigenvalue weighted by Gasteiger charge is 2.49. The molecular weight excluding hydrogens is 314 g/mol. The molecule has 1 amide bonds. The van der Waals surface area contributed by atoms with Crippen molar-refractivity contribution >= 4 is 23.4 Å². The molecule has 1 aromatic rings. The Kier molecular flexibility index (Phi) is 4.17. The number of aromatic nitrogens is 1. The highest BCUT2D eigenvalue weighted by atomic mass is 35.5. The first kappa shape index (κ1) is 16.4. The highest BCUT2D eigenvalue weighted by molar-refractivity contribution is 6.33. The van der Waals surface area contributed by atoms with E-state index >= 15 is 0 Å². The van der Waals surface area contributed by atoms with Crippen molar-refractivity contribution in [1.82, 2.24) is 9.88 Å². The van der Waals surface area contributed by atoms with Gasteiger partial charge in [-0.15, -0.1) is 0 Å². The van der Waals surface area contributed by atoms with Gasteiger partial charge >= 0.3 is 6.09 Å². The lowest BCUT2D eigenvalue weighted by molar-refractivity contribution is 0.0111. The second-order valence-electron chi connectivity index (χ2n) is 7.46. The van der Waals surface area contributed by atoms with Gasteiger partial charge in [0.2, 0.25) is 0 Å². The smallest absolute Gasteiger partial charge is 0.410 e. The van der Waals surface area contributed by atoms with E-state index in [4.69, 9.17) is 16.3 Å². The van der Waals surface area contributed by atoms with Crippen molar-refractivity contribution in [2.45, 2.75) is 51.2 Å². The van der Waals surface area contributed by atoms with Crippen LogP contribution in [0, 0.1) is 0 Å². The summed E-state index contributed by atoms with van der Waals surface area (Å²) in [5.41, 5.74) is 0.343. The Labute approximate surface area is 142 Å².